The smallest absolute Gasteiger partial charge is 0.240 e. The minimum atomic E-state index is -3.74. The summed E-state index contributed by atoms with van der Waals surface area (Å²) in [7, 11) is -3.74. The highest BCUT2D eigenvalue weighted by molar-refractivity contribution is 7.90. The third-order valence-electron chi connectivity index (χ3n) is 3.55. The molecule has 1 amide bonds. The summed E-state index contributed by atoms with van der Waals surface area (Å²) >= 11 is 0. The SMILES string of the molecule is CC1CCC(NS(=O)(=O)CC(=O)N(CC#N)CC#N)CC1. The first-order valence-corrected chi connectivity index (χ1v) is 8.55. The molecule has 1 rings (SSSR count). The van der Waals surface area contributed by atoms with Crippen LogP contribution in [0.1, 0.15) is 32.6 Å². The van der Waals surface area contributed by atoms with Crippen molar-refractivity contribution in [2.45, 2.75) is 38.6 Å². The summed E-state index contributed by atoms with van der Waals surface area (Å²) in [4.78, 5) is 12.8. The molecule has 0 bridgehead atoms. The fourth-order valence-electron chi connectivity index (χ4n) is 2.33. The molecular formula is C13H20N4O3S. The van der Waals surface area contributed by atoms with Gasteiger partial charge in [0, 0.05) is 6.04 Å². The molecule has 8 heteroatoms. The second kappa shape index (κ2) is 7.96. The quantitative estimate of drug-likeness (QED) is 0.711. The van der Waals surface area contributed by atoms with Crippen LogP contribution in [-0.2, 0) is 14.8 Å². The molecule has 1 saturated carbocycles. The van der Waals surface area contributed by atoms with Gasteiger partial charge in [0.1, 0.15) is 18.8 Å². The molecule has 1 aliphatic rings. The zero-order valence-corrected chi connectivity index (χ0v) is 12.9. The molecule has 7 nitrogen and oxygen atoms in total. The zero-order valence-electron chi connectivity index (χ0n) is 12.1. The summed E-state index contributed by atoms with van der Waals surface area (Å²) in [6.07, 6.45) is 3.48. The number of sulfonamides is 1. The third kappa shape index (κ3) is 6.11. The fraction of sp³-hybridized carbons (Fsp3) is 0.769. The van der Waals surface area contributed by atoms with E-state index in [0.29, 0.717) is 5.92 Å². The number of hydrogen-bond acceptors (Lipinski definition) is 5. The van der Waals surface area contributed by atoms with Crippen molar-refractivity contribution in [1.29, 1.82) is 10.5 Å². The molecule has 0 radical (unpaired) electrons. The Morgan fingerprint density at radius 2 is 1.71 bits per heavy atom. The van der Waals surface area contributed by atoms with Gasteiger partial charge < -0.3 is 4.90 Å². The topological polar surface area (TPSA) is 114 Å². The average Bonchev–Trinajstić information content (AvgIpc) is 2.40. The first-order chi connectivity index (χ1) is 9.88. The van der Waals surface area contributed by atoms with Gasteiger partial charge in [0.2, 0.25) is 15.9 Å². The lowest BCUT2D eigenvalue weighted by Crippen LogP contribution is -2.44. The van der Waals surface area contributed by atoms with E-state index in [2.05, 4.69) is 11.6 Å². The van der Waals surface area contributed by atoms with Gasteiger partial charge in [0.25, 0.3) is 0 Å². The number of carbonyl (C=O) groups excluding carboxylic acids is 1. The molecule has 0 heterocycles. The highest BCUT2D eigenvalue weighted by atomic mass is 32.2. The maximum atomic E-state index is 12.0. The van der Waals surface area contributed by atoms with E-state index >= 15 is 0 Å². The van der Waals surface area contributed by atoms with E-state index in [1.807, 2.05) is 0 Å². The number of hydrogen-bond donors (Lipinski definition) is 1. The van der Waals surface area contributed by atoms with E-state index in [0.717, 1.165) is 30.6 Å². The Balaban J connectivity index is 2.57. The third-order valence-corrected chi connectivity index (χ3v) is 4.87. The van der Waals surface area contributed by atoms with Crippen LogP contribution in [0, 0.1) is 28.6 Å². The predicted octanol–water partition coefficient (Wildman–Crippen LogP) is 0.360. The van der Waals surface area contributed by atoms with Gasteiger partial charge in [0.05, 0.1) is 12.1 Å². The van der Waals surface area contributed by atoms with Crippen LogP contribution in [-0.4, -0.2) is 44.1 Å². The van der Waals surface area contributed by atoms with Crippen molar-refractivity contribution in [3.8, 4) is 12.1 Å². The van der Waals surface area contributed by atoms with Crippen molar-refractivity contribution in [2.75, 3.05) is 18.8 Å². The van der Waals surface area contributed by atoms with Gasteiger partial charge in [-0.2, -0.15) is 10.5 Å². The average molecular weight is 312 g/mol. The van der Waals surface area contributed by atoms with Gasteiger partial charge in [-0.3, -0.25) is 4.79 Å². The van der Waals surface area contributed by atoms with Crippen molar-refractivity contribution >= 4 is 15.9 Å². The van der Waals surface area contributed by atoms with Gasteiger partial charge in [0.15, 0.2) is 0 Å². The maximum Gasteiger partial charge on any atom is 0.240 e. The van der Waals surface area contributed by atoms with E-state index in [-0.39, 0.29) is 19.1 Å². The van der Waals surface area contributed by atoms with Crippen LogP contribution in [0.25, 0.3) is 0 Å². The molecule has 0 aromatic carbocycles. The number of nitrogens with zero attached hydrogens (tertiary/aromatic N) is 3. The zero-order chi connectivity index (χ0) is 15.9. The summed E-state index contributed by atoms with van der Waals surface area (Å²) in [6.45, 7) is 1.56. The Morgan fingerprint density at radius 3 is 2.19 bits per heavy atom. The summed E-state index contributed by atoms with van der Waals surface area (Å²) in [5, 5.41) is 17.2. The molecule has 0 unspecified atom stereocenters. The second-order valence-electron chi connectivity index (χ2n) is 5.40. The minimum absolute atomic E-state index is 0.126. The Labute approximate surface area is 125 Å². The summed E-state index contributed by atoms with van der Waals surface area (Å²) in [5.74, 6) is -0.841. The molecule has 1 fully saturated rings. The van der Waals surface area contributed by atoms with Crippen LogP contribution in [0.4, 0.5) is 0 Å². The van der Waals surface area contributed by atoms with Crippen molar-refractivity contribution in [2.24, 2.45) is 5.92 Å². The molecule has 0 aromatic rings. The number of carbonyl (C=O) groups is 1. The molecule has 21 heavy (non-hydrogen) atoms. The van der Waals surface area contributed by atoms with Crippen molar-refractivity contribution in [3.63, 3.8) is 0 Å². The molecule has 0 aliphatic heterocycles. The maximum absolute atomic E-state index is 12.0. The highest BCUT2D eigenvalue weighted by Crippen LogP contribution is 2.23. The first kappa shape index (κ1) is 17.4. The lowest BCUT2D eigenvalue weighted by Gasteiger charge is -2.27. The predicted molar refractivity (Wildman–Crippen MR) is 76.1 cm³/mol. The number of amides is 1. The summed E-state index contributed by atoms with van der Waals surface area (Å²) in [5.41, 5.74) is 0. The van der Waals surface area contributed by atoms with E-state index < -0.39 is 21.7 Å². The van der Waals surface area contributed by atoms with Gasteiger partial charge in [-0.05, 0) is 31.6 Å². The summed E-state index contributed by atoms with van der Waals surface area (Å²) in [6, 6.07) is 3.36. The van der Waals surface area contributed by atoms with Gasteiger partial charge >= 0.3 is 0 Å². The van der Waals surface area contributed by atoms with Crippen molar-refractivity contribution in [1.82, 2.24) is 9.62 Å². The molecule has 1 N–H and O–H groups in total. The minimum Gasteiger partial charge on any atom is -0.315 e. The van der Waals surface area contributed by atoms with Crippen LogP contribution in [0.3, 0.4) is 0 Å². The fourth-order valence-corrected chi connectivity index (χ4v) is 3.66. The van der Waals surface area contributed by atoms with Crippen LogP contribution < -0.4 is 4.72 Å². The van der Waals surface area contributed by atoms with Gasteiger partial charge in [-0.15, -0.1) is 0 Å². The first-order valence-electron chi connectivity index (χ1n) is 6.89. The molecule has 0 saturated heterocycles. The number of nitrogens with one attached hydrogen (secondary N) is 1. The largest absolute Gasteiger partial charge is 0.315 e. The molecular weight excluding hydrogens is 292 g/mol. The van der Waals surface area contributed by atoms with Crippen LogP contribution >= 0.6 is 0 Å². The Bertz CT molecular complexity index is 523. The van der Waals surface area contributed by atoms with Crippen LogP contribution in [0.15, 0.2) is 0 Å². The van der Waals surface area contributed by atoms with Crippen molar-refractivity contribution < 1.29 is 13.2 Å². The lowest BCUT2D eigenvalue weighted by molar-refractivity contribution is -0.127. The lowest BCUT2D eigenvalue weighted by atomic mass is 9.88. The summed E-state index contributed by atoms with van der Waals surface area (Å²) < 4.78 is 26.5. The van der Waals surface area contributed by atoms with Crippen LogP contribution in [0.2, 0.25) is 0 Å². The monoisotopic (exact) mass is 312 g/mol. The molecule has 1 aliphatic carbocycles. The van der Waals surface area contributed by atoms with Crippen molar-refractivity contribution in [3.05, 3.63) is 0 Å². The van der Waals surface area contributed by atoms with Crippen LogP contribution in [0.5, 0.6) is 0 Å². The van der Waals surface area contributed by atoms with Gasteiger partial charge in [-0.1, -0.05) is 6.92 Å². The Kier molecular flexibility index (Phi) is 6.60. The van der Waals surface area contributed by atoms with E-state index in [4.69, 9.17) is 10.5 Å². The molecule has 116 valence electrons. The molecule has 0 atom stereocenters. The van der Waals surface area contributed by atoms with E-state index in [9.17, 15) is 13.2 Å². The second-order valence-corrected chi connectivity index (χ2v) is 7.15. The standard InChI is InChI=1S/C13H20N4O3S/c1-11-2-4-12(5-3-11)16-21(19,20)10-13(18)17(8-6-14)9-7-15/h11-12,16H,2-5,8-10H2,1H3. The molecule has 0 spiro atoms. The normalized spacial score (nSPS) is 22.0. The number of rotatable bonds is 6. The van der Waals surface area contributed by atoms with E-state index in [1.54, 1.807) is 12.1 Å². The molecule has 0 aromatic heterocycles. The highest BCUT2D eigenvalue weighted by Gasteiger charge is 2.26. The van der Waals surface area contributed by atoms with E-state index in [1.165, 1.54) is 0 Å². The van der Waals surface area contributed by atoms with Gasteiger partial charge in [-0.25, -0.2) is 13.1 Å². The number of nitriles is 2. The Hall–Kier alpha value is -1.64. The Morgan fingerprint density at radius 1 is 1.19 bits per heavy atom.